The molecule has 1 atom stereocenters. The van der Waals surface area contributed by atoms with E-state index >= 15 is 0 Å². The van der Waals surface area contributed by atoms with Crippen LogP contribution in [0.25, 0.3) is 10.6 Å². The van der Waals surface area contributed by atoms with Gasteiger partial charge in [-0.05, 0) is 13.8 Å². The Balaban J connectivity index is 2.10. The van der Waals surface area contributed by atoms with Gasteiger partial charge in [0.1, 0.15) is 6.04 Å². The van der Waals surface area contributed by atoms with E-state index in [9.17, 15) is 4.79 Å². The molecule has 1 amide bonds. The van der Waals surface area contributed by atoms with Gasteiger partial charge < -0.3 is 15.8 Å². The molecule has 0 aliphatic carbocycles. The number of nitrogens with two attached hydrogens (primary N) is 1. The summed E-state index contributed by atoms with van der Waals surface area (Å²) in [6.45, 7) is 4.09. The van der Waals surface area contributed by atoms with E-state index in [0.717, 1.165) is 21.3 Å². The Labute approximate surface area is 125 Å². The van der Waals surface area contributed by atoms with Crippen LogP contribution in [-0.4, -0.2) is 35.6 Å². The van der Waals surface area contributed by atoms with E-state index in [0.29, 0.717) is 5.13 Å². The molecule has 0 aliphatic rings. The monoisotopic (exact) mass is 312 g/mol. The van der Waals surface area contributed by atoms with Crippen molar-refractivity contribution < 1.29 is 9.53 Å². The van der Waals surface area contributed by atoms with E-state index < -0.39 is 6.04 Å². The summed E-state index contributed by atoms with van der Waals surface area (Å²) in [6, 6.07) is -0.695. The maximum Gasteiger partial charge on any atom is 0.245 e. The predicted molar refractivity (Wildman–Crippen MR) is 81.2 cm³/mol. The van der Waals surface area contributed by atoms with Crippen LogP contribution in [0.15, 0.2) is 5.38 Å². The Hall–Kier alpha value is -1.35. The van der Waals surface area contributed by atoms with Crippen molar-refractivity contribution in [3.63, 3.8) is 0 Å². The van der Waals surface area contributed by atoms with Gasteiger partial charge in [0, 0.05) is 12.5 Å². The maximum absolute atomic E-state index is 11.8. The molecule has 2 heterocycles. The third-order valence-corrected chi connectivity index (χ3v) is 4.41. The van der Waals surface area contributed by atoms with Gasteiger partial charge in [-0.25, -0.2) is 9.97 Å². The molecule has 20 heavy (non-hydrogen) atoms. The van der Waals surface area contributed by atoms with Crippen molar-refractivity contribution in [2.45, 2.75) is 19.9 Å². The lowest BCUT2D eigenvalue weighted by Crippen LogP contribution is -2.39. The summed E-state index contributed by atoms with van der Waals surface area (Å²) in [6.07, 6.45) is 0. The Kier molecular flexibility index (Phi) is 4.81. The van der Waals surface area contributed by atoms with Gasteiger partial charge in [0.2, 0.25) is 5.91 Å². The number of hydrogen-bond donors (Lipinski definition) is 2. The highest BCUT2D eigenvalue weighted by atomic mass is 32.1. The van der Waals surface area contributed by atoms with Gasteiger partial charge in [-0.1, -0.05) is 0 Å². The summed E-state index contributed by atoms with van der Waals surface area (Å²) >= 11 is 2.96. The van der Waals surface area contributed by atoms with E-state index in [2.05, 4.69) is 15.3 Å². The van der Waals surface area contributed by atoms with Crippen molar-refractivity contribution >= 4 is 33.7 Å². The number of nitrogens with zero attached hydrogens (tertiary/aromatic N) is 2. The van der Waals surface area contributed by atoms with E-state index in [1.165, 1.54) is 18.4 Å². The summed E-state index contributed by atoms with van der Waals surface area (Å²) < 4.78 is 4.85. The van der Waals surface area contributed by atoms with Crippen LogP contribution in [0.1, 0.15) is 10.7 Å². The molecule has 0 aromatic carbocycles. The Bertz CT molecular complexity index is 608. The molecule has 2 rings (SSSR count). The predicted octanol–water partition coefficient (Wildman–Crippen LogP) is 1.80. The lowest BCUT2D eigenvalue weighted by Gasteiger charge is -2.08. The zero-order valence-electron chi connectivity index (χ0n) is 11.5. The molecule has 3 N–H and O–H groups in total. The molecule has 0 radical (unpaired) electrons. The lowest BCUT2D eigenvalue weighted by molar-refractivity contribution is -0.118. The summed E-state index contributed by atoms with van der Waals surface area (Å²) in [5.41, 5.74) is 7.43. The molecule has 2 aromatic rings. The fourth-order valence-corrected chi connectivity index (χ4v) is 3.32. The number of anilines is 1. The molecule has 108 valence electrons. The average Bonchev–Trinajstić information content (AvgIpc) is 2.96. The first-order valence-electron chi connectivity index (χ1n) is 5.96. The molecule has 0 fully saturated rings. The quantitative estimate of drug-likeness (QED) is 0.878. The van der Waals surface area contributed by atoms with Gasteiger partial charge in [0.15, 0.2) is 5.13 Å². The Morgan fingerprint density at radius 2 is 2.25 bits per heavy atom. The van der Waals surface area contributed by atoms with E-state index in [1.807, 2.05) is 19.2 Å². The van der Waals surface area contributed by atoms with Gasteiger partial charge in [0.25, 0.3) is 0 Å². The van der Waals surface area contributed by atoms with Crippen LogP contribution < -0.4 is 11.1 Å². The lowest BCUT2D eigenvalue weighted by atomic mass is 10.3. The second-order valence-electron chi connectivity index (χ2n) is 4.24. The highest BCUT2D eigenvalue weighted by Crippen LogP contribution is 2.31. The van der Waals surface area contributed by atoms with Crippen LogP contribution in [0.5, 0.6) is 0 Å². The topological polar surface area (TPSA) is 90.1 Å². The van der Waals surface area contributed by atoms with Crippen LogP contribution in [0.4, 0.5) is 5.13 Å². The van der Waals surface area contributed by atoms with Crippen molar-refractivity contribution in [1.29, 1.82) is 0 Å². The minimum Gasteiger partial charge on any atom is -0.383 e. The normalized spacial score (nSPS) is 12.4. The number of nitrogens with one attached hydrogen (secondary N) is 1. The number of thiazole rings is 2. The smallest absolute Gasteiger partial charge is 0.245 e. The highest BCUT2D eigenvalue weighted by Gasteiger charge is 2.16. The first-order chi connectivity index (χ1) is 9.51. The molecule has 0 saturated heterocycles. The molecule has 2 aromatic heterocycles. The fraction of sp³-hybridized carbons (Fsp3) is 0.417. The van der Waals surface area contributed by atoms with Crippen LogP contribution >= 0.6 is 22.7 Å². The third kappa shape index (κ3) is 3.40. The van der Waals surface area contributed by atoms with E-state index in [-0.39, 0.29) is 12.5 Å². The second kappa shape index (κ2) is 6.40. The molecule has 6 nitrogen and oxygen atoms in total. The van der Waals surface area contributed by atoms with Crippen LogP contribution in [-0.2, 0) is 9.53 Å². The molecule has 0 spiro atoms. The number of aryl methyl sites for hydroxylation is 2. The number of methoxy groups -OCH3 is 1. The highest BCUT2D eigenvalue weighted by molar-refractivity contribution is 7.16. The SMILES string of the molecule is COCC(N)C(=O)Nc1nc(-c2sc(C)nc2C)cs1. The Morgan fingerprint density at radius 3 is 2.85 bits per heavy atom. The molecule has 0 bridgehead atoms. The van der Waals surface area contributed by atoms with Crippen LogP contribution in [0.3, 0.4) is 0 Å². The van der Waals surface area contributed by atoms with Crippen molar-refractivity contribution in [3.8, 4) is 10.6 Å². The van der Waals surface area contributed by atoms with E-state index in [1.54, 1.807) is 11.3 Å². The minimum atomic E-state index is -0.695. The zero-order valence-corrected chi connectivity index (χ0v) is 13.1. The molecular formula is C12H16N4O2S2. The molecule has 8 heteroatoms. The minimum absolute atomic E-state index is 0.178. The van der Waals surface area contributed by atoms with Gasteiger partial charge >= 0.3 is 0 Å². The first-order valence-corrected chi connectivity index (χ1v) is 7.66. The average molecular weight is 312 g/mol. The third-order valence-electron chi connectivity index (χ3n) is 2.55. The van der Waals surface area contributed by atoms with Gasteiger partial charge in [-0.2, -0.15) is 0 Å². The summed E-state index contributed by atoms with van der Waals surface area (Å²) in [5, 5.41) is 6.12. The summed E-state index contributed by atoms with van der Waals surface area (Å²) in [5.74, 6) is -0.301. The van der Waals surface area contributed by atoms with Crippen LogP contribution in [0, 0.1) is 13.8 Å². The zero-order chi connectivity index (χ0) is 14.7. The molecule has 0 saturated carbocycles. The van der Waals surface area contributed by atoms with Crippen molar-refractivity contribution in [1.82, 2.24) is 9.97 Å². The molecule has 0 aliphatic heterocycles. The number of rotatable bonds is 5. The van der Waals surface area contributed by atoms with E-state index in [4.69, 9.17) is 10.5 Å². The number of amides is 1. The summed E-state index contributed by atoms with van der Waals surface area (Å²) in [7, 11) is 1.50. The van der Waals surface area contributed by atoms with Gasteiger partial charge in [0.05, 0.1) is 27.9 Å². The maximum atomic E-state index is 11.8. The largest absolute Gasteiger partial charge is 0.383 e. The van der Waals surface area contributed by atoms with Crippen LogP contribution in [0.2, 0.25) is 0 Å². The van der Waals surface area contributed by atoms with Crippen molar-refractivity contribution in [3.05, 3.63) is 16.1 Å². The summed E-state index contributed by atoms with van der Waals surface area (Å²) in [4.78, 5) is 21.6. The number of carbonyl (C=O) groups excluding carboxylic acids is 1. The Morgan fingerprint density at radius 1 is 1.50 bits per heavy atom. The number of carbonyl (C=O) groups is 1. The molecule has 1 unspecified atom stereocenters. The second-order valence-corrected chi connectivity index (χ2v) is 6.30. The fourth-order valence-electron chi connectivity index (χ4n) is 1.66. The standard InChI is InChI=1S/C12H16N4O2S2/c1-6-10(20-7(2)14-6)9-5-19-12(15-9)16-11(17)8(13)4-18-3/h5,8H,4,13H2,1-3H3,(H,15,16,17). The van der Waals surface area contributed by atoms with Crippen molar-refractivity contribution in [2.75, 3.05) is 19.0 Å². The number of hydrogen-bond acceptors (Lipinski definition) is 7. The number of aromatic nitrogens is 2. The number of ether oxygens (including phenoxy) is 1. The van der Waals surface area contributed by atoms with Crippen molar-refractivity contribution in [2.24, 2.45) is 5.73 Å². The molecular weight excluding hydrogens is 296 g/mol. The first kappa shape index (κ1) is 15.0. The van der Waals surface area contributed by atoms with Gasteiger partial charge in [-0.15, -0.1) is 22.7 Å². The van der Waals surface area contributed by atoms with Gasteiger partial charge in [-0.3, -0.25) is 4.79 Å².